The highest BCUT2D eigenvalue weighted by Gasteiger charge is 2.58. The van der Waals surface area contributed by atoms with Gasteiger partial charge >= 0.3 is 0 Å². The van der Waals surface area contributed by atoms with Gasteiger partial charge in [0.05, 0.1) is 17.7 Å². The summed E-state index contributed by atoms with van der Waals surface area (Å²) in [5.41, 5.74) is 0.928. The molecule has 47 heavy (non-hydrogen) atoms. The number of hydrogen-bond acceptors (Lipinski definition) is 9. The molecule has 0 bridgehead atoms. The van der Waals surface area contributed by atoms with Gasteiger partial charge in [0, 0.05) is 29.4 Å². The summed E-state index contributed by atoms with van der Waals surface area (Å²) < 4.78 is 40.1. The molecule has 14 heteroatoms. The van der Waals surface area contributed by atoms with Gasteiger partial charge in [0.15, 0.2) is 17.3 Å². The zero-order valence-corrected chi connectivity index (χ0v) is 28.5. The van der Waals surface area contributed by atoms with Crippen molar-refractivity contribution >= 4 is 62.2 Å². The van der Waals surface area contributed by atoms with E-state index in [9.17, 15) is 32.7 Å². The van der Waals surface area contributed by atoms with E-state index in [2.05, 4.69) is 10.0 Å². The topological polar surface area (TPSA) is 165 Å². The number of ketones is 3. The van der Waals surface area contributed by atoms with Gasteiger partial charge in [-0.15, -0.1) is 0 Å². The lowest BCUT2D eigenvalue weighted by Crippen LogP contribution is -2.47. The number of Topliss-reactive ketones (excluding diaryl/α,β-unsaturated/α-hetero) is 2. The van der Waals surface area contributed by atoms with Crippen LogP contribution in [-0.2, 0) is 36.4 Å². The van der Waals surface area contributed by atoms with Gasteiger partial charge in [0.2, 0.25) is 0 Å². The number of carbonyl (C=O) groups is 4. The zero-order chi connectivity index (χ0) is 34.7. The van der Waals surface area contributed by atoms with E-state index < -0.39 is 50.4 Å². The van der Waals surface area contributed by atoms with Crippen molar-refractivity contribution in [1.82, 2.24) is 5.32 Å². The van der Waals surface area contributed by atoms with Crippen LogP contribution in [0.15, 0.2) is 47.1 Å². The van der Waals surface area contributed by atoms with Gasteiger partial charge < -0.3 is 19.9 Å². The molecule has 5 rings (SSSR count). The maximum Gasteiger partial charge on any atom is 0.263 e. The van der Waals surface area contributed by atoms with Gasteiger partial charge in [-0.3, -0.25) is 23.9 Å². The van der Waals surface area contributed by atoms with Crippen molar-refractivity contribution in [2.24, 2.45) is 5.92 Å². The third-order valence-electron chi connectivity index (χ3n) is 8.47. The zero-order valence-electron chi connectivity index (χ0n) is 26.1. The molecule has 11 nitrogen and oxygen atoms in total. The number of nitrogens with one attached hydrogen (secondary N) is 2. The molecule has 0 saturated heterocycles. The number of rotatable bonds is 8. The molecule has 3 N–H and O–H groups in total. The number of benzene rings is 3. The number of sulfonamides is 1. The Hall–Kier alpha value is -4.39. The Morgan fingerprint density at radius 2 is 1.66 bits per heavy atom. The largest absolute Gasteiger partial charge is 0.507 e. The van der Waals surface area contributed by atoms with Crippen LogP contribution in [0.2, 0.25) is 10.0 Å². The van der Waals surface area contributed by atoms with E-state index in [1.165, 1.54) is 32.2 Å². The molecular weight excluding hydrogens is 671 g/mol. The molecular formula is C33H30Cl2N2O9S. The van der Waals surface area contributed by atoms with E-state index in [4.69, 9.17) is 32.7 Å². The highest BCUT2D eigenvalue weighted by molar-refractivity contribution is 7.92. The number of carbonyl (C=O) groups excluding carboxylic acids is 4. The van der Waals surface area contributed by atoms with Crippen molar-refractivity contribution in [3.05, 3.63) is 85.6 Å². The third kappa shape index (κ3) is 5.64. The number of phenols is 1. The summed E-state index contributed by atoms with van der Waals surface area (Å²) in [7, 11) is -2.78. The fourth-order valence-electron chi connectivity index (χ4n) is 5.99. The van der Waals surface area contributed by atoms with E-state index in [1.807, 2.05) is 0 Å². The SMILES string of the molecule is COc1cc(O)c2c(c1C(=O)NCc1c(C)cc(NS(=O)(=O)c3cc(C)c(Cl)cc3Cl)cc1C)OC1=CC(=O)C(C(C)=O)C(=O)[C@]12C. The third-order valence-corrected chi connectivity index (χ3v) is 10.7. The molecule has 0 spiro atoms. The minimum atomic E-state index is -4.07. The van der Waals surface area contributed by atoms with E-state index in [-0.39, 0.29) is 50.5 Å². The summed E-state index contributed by atoms with van der Waals surface area (Å²) in [5.74, 6) is -5.17. The van der Waals surface area contributed by atoms with Gasteiger partial charge in [-0.2, -0.15) is 0 Å². The van der Waals surface area contributed by atoms with E-state index in [0.29, 0.717) is 27.3 Å². The Balaban J connectivity index is 1.44. The summed E-state index contributed by atoms with van der Waals surface area (Å²) in [5, 5.41) is 14.1. The van der Waals surface area contributed by atoms with Crippen molar-refractivity contribution in [3.8, 4) is 17.2 Å². The Labute approximate surface area is 280 Å². The molecule has 2 aliphatic rings. The Morgan fingerprint density at radius 3 is 2.26 bits per heavy atom. The quantitative estimate of drug-likeness (QED) is 0.266. The van der Waals surface area contributed by atoms with Gasteiger partial charge in [0.25, 0.3) is 15.9 Å². The molecule has 0 aromatic heterocycles. The van der Waals surface area contributed by atoms with Crippen molar-refractivity contribution in [1.29, 1.82) is 0 Å². The number of fused-ring (bicyclic) bond motifs is 3. The predicted molar refractivity (Wildman–Crippen MR) is 174 cm³/mol. The summed E-state index contributed by atoms with van der Waals surface area (Å²) in [6.07, 6.45) is 1.05. The number of aryl methyl sites for hydroxylation is 3. The summed E-state index contributed by atoms with van der Waals surface area (Å²) >= 11 is 12.2. The van der Waals surface area contributed by atoms with Crippen LogP contribution >= 0.6 is 23.2 Å². The monoisotopic (exact) mass is 700 g/mol. The number of methoxy groups -OCH3 is 1. The highest BCUT2D eigenvalue weighted by atomic mass is 35.5. The first-order valence-electron chi connectivity index (χ1n) is 14.2. The first-order chi connectivity index (χ1) is 21.9. The molecule has 1 aliphatic carbocycles. The number of anilines is 1. The molecule has 1 unspecified atom stereocenters. The van der Waals surface area contributed by atoms with Crippen LogP contribution in [0.5, 0.6) is 17.2 Å². The molecule has 3 aromatic carbocycles. The van der Waals surface area contributed by atoms with Crippen LogP contribution in [0.1, 0.15) is 52.0 Å². The minimum absolute atomic E-state index is 0.00562. The molecule has 0 saturated carbocycles. The van der Waals surface area contributed by atoms with Crippen molar-refractivity contribution in [3.63, 3.8) is 0 Å². The number of hydrogen-bond donors (Lipinski definition) is 3. The Morgan fingerprint density at radius 1 is 1.02 bits per heavy atom. The second-order valence-corrected chi connectivity index (χ2v) is 14.1. The van der Waals surface area contributed by atoms with Crippen LogP contribution < -0.4 is 19.5 Å². The average molecular weight is 702 g/mol. The molecule has 2 atom stereocenters. The molecule has 1 heterocycles. The lowest BCUT2D eigenvalue weighted by Gasteiger charge is -2.30. The van der Waals surface area contributed by atoms with E-state index in [0.717, 1.165) is 13.0 Å². The summed E-state index contributed by atoms with van der Waals surface area (Å²) in [6, 6.07) is 7.14. The maximum absolute atomic E-state index is 13.7. The highest BCUT2D eigenvalue weighted by Crippen LogP contribution is 2.56. The van der Waals surface area contributed by atoms with Crippen molar-refractivity contribution in [2.75, 3.05) is 11.8 Å². The van der Waals surface area contributed by atoms with Gasteiger partial charge in [-0.05, 0) is 81.1 Å². The molecule has 3 aromatic rings. The van der Waals surface area contributed by atoms with E-state index in [1.54, 1.807) is 32.9 Å². The first kappa shape index (κ1) is 34.0. The lowest BCUT2D eigenvalue weighted by molar-refractivity contribution is -0.140. The molecule has 1 amide bonds. The Bertz CT molecular complexity index is 2050. The predicted octanol–water partition coefficient (Wildman–Crippen LogP) is 5.25. The van der Waals surface area contributed by atoms with E-state index >= 15 is 0 Å². The van der Waals surface area contributed by atoms with Crippen LogP contribution in [0.3, 0.4) is 0 Å². The normalized spacial score (nSPS) is 18.6. The molecule has 246 valence electrons. The lowest BCUT2D eigenvalue weighted by atomic mass is 9.67. The van der Waals surface area contributed by atoms with Gasteiger partial charge in [0.1, 0.15) is 44.8 Å². The van der Waals surface area contributed by atoms with Crippen molar-refractivity contribution in [2.45, 2.75) is 51.5 Å². The minimum Gasteiger partial charge on any atom is -0.507 e. The van der Waals surface area contributed by atoms with Crippen LogP contribution in [0.4, 0.5) is 5.69 Å². The number of amides is 1. The van der Waals surface area contributed by atoms with Crippen LogP contribution in [-0.4, -0.2) is 43.9 Å². The number of ether oxygens (including phenoxy) is 2. The fraction of sp³-hybridized carbons (Fsp3) is 0.273. The van der Waals surface area contributed by atoms with Crippen LogP contribution in [0, 0.1) is 26.7 Å². The van der Waals surface area contributed by atoms with Crippen LogP contribution in [0.25, 0.3) is 0 Å². The fourth-order valence-corrected chi connectivity index (χ4v) is 7.86. The molecule has 1 aliphatic heterocycles. The average Bonchev–Trinajstić information content (AvgIpc) is 3.27. The molecule has 0 radical (unpaired) electrons. The molecule has 0 fully saturated rings. The number of phenolic OH excluding ortho intramolecular Hbond substituents is 1. The number of halogens is 2. The van der Waals surface area contributed by atoms with Gasteiger partial charge in [-0.25, -0.2) is 8.42 Å². The summed E-state index contributed by atoms with van der Waals surface area (Å²) in [6.45, 7) is 7.72. The standard InChI is InChI=1S/C33H30Cl2N2O9S/c1-14-7-18(37-47(43,44)25-9-16(3)20(34)10-21(25)35)8-15(2)19(14)13-36-32(42)28-24(45-6)11-23(40)29-30(28)46-26-12-22(39)27(17(4)38)31(41)33(26,29)5/h7-12,27,37,40H,13H2,1-6H3,(H,36,42)/t27?,33-/m1/s1. The number of allylic oxidation sites excluding steroid dienone is 2. The second-order valence-electron chi connectivity index (χ2n) is 11.6. The van der Waals surface area contributed by atoms with Crippen molar-refractivity contribution < 1.29 is 42.2 Å². The second kappa shape index (κ2) is 12.0. The maximum atomic E-state index is 13.7. The van der Waals surface area contributed by atoms with Gasteiger partial charge in [-0.1, -0.05) is 23.2 Å². The first-order valence-corrected chi connectivity index (χ1v) is 16.5. The number of aromatic hydroxyl groups is 1. The smallest absolute Gasteiger partial charge is 0.263 e. The Kier molecular flexibility index (Phi) is 8.67. The summed E-state index contributed by atoms with van der Waals surface area (Å²) in [4.78, 5) is 51.9.